The van der Waals surface area contributed by atoms with Crippen molar-refractivity contribution in [2.24, 2.45) is 0 Å². The highest BCUT2D eigenvalue weighted by Crippen LogP contribution is 2.42. The maximum Gasteiger partial charge on any atom is 0.161 e. The fourth-order valence-corrected chi connectivity index (χ4v) is 3.72. The van der Waals surface area contributed by atoms with Crippen LogP contribution in [0.3, 0.4) is 0 Å². The van der Waals surface area contributed by atoms with E-state index in [1.165, 1.54) is 6.07 Å². The van der Waals surface area contributed by atoms with Crippen LogP contribution >= 0.6 is 43.5 Å². The van der Waals surface area contributed by atoms with E-state index < -0.39 is 5.82 Å². The van der Waals surface area contributed by atoms with Crippen molar-refractivity contribution in [3.8, 4) is 11.5 Å². The van der Waals surface area contributed by atoms with Crippen LogP contribution in [0.1, 0.15) is 16.0 Å². The number of hydrogen-bond donors (Lipinski definition) is 0. The minimum absolute atomic E-state index is 0.0912. The molecule has 2 aromatic carbocycles. The lowest BCUT2D eigenvalue weighted by Gasteiger charge is -2.17. The van der Waals surface area contributed by atoms with Crippen LogP contribution in [0.4, 0.5) is 4.39 Å². The highest BCUT2D eigenvalue weighted by Gasteiger charge is 2.21. The summed E-state index contributed by atoms with van der Waals surface area (Å²) in [7, 11) is 3.12. The summed E-state index contributed by atoms with van der Waals surface area (Å²) in [5.74, 6) is 0.727. The highest BCUT2D eigenvalue weighted by atomic mass is 79.9. The smallest absolute Gasteiger partial charge is 0.161 e. The van der Waals surface area contributed by atoms with Gasteiger partial charge in [-0.15, -0.1) is 0 Å². The molecule has 2 nitrogen and oxygen atoms in total. The first-order chi connectivity index (χ1) is 9.99. The molecule has 2 rings (SSSR count). The normalized spacial score (nSPS) is 12.1. The predicted octanol–water partition coefficient (Wildman–Crippen LogP) is 5.74. The maximum absolute atomic E-state index is 14.2. The van der Waals surface area contributed by atoms with E-state index in [0.29, 0.717) is 17.1 Å². The first kappa shape index (κ1) is 16.6. The Kier molecular flexibility index (Phi) is 5.52. The molecule has 0 N–H and O–H groups in total. The van der Waals surface area contributed by atoms with Gasteiger partial charge in [-0.3, -0.25) is 0 Å². The molecule has 0 bridgehead atoms. The van der Waals surface area contributed by atoms with Gasteiger partial charge in [-0.25, -0.2) is 4.39 Å². The van der Waals surface area contributed by atoms with E-state index in [1.54, 1.807) is 38.5 Å². The minimum Gasteiger partial charge on any atom is -0.493 e. The van der Waals surface area contributed by atoms with Crippen molar-refractivity contribution in [1.29, 1.82) is 0 Å². The van der Waals surface area contributed by atoms with Crippen LogP contribution in [0, 0.1) is 5.82 Å². The van der Waals surface area contributed by atoms with Crippen LogP contribution in [-0.4, -0.2) is 14.2 Å². The molecule has 112 valence electrons. The predicted molar refractivity (Wildman–Crippen MR) is 89.4 cm³/mol. The first-order valence-electron chi connectivity index (χ1n) is 5.99. The van der Waals surface area contributed by atoms with Crippen molar-refractivity contribution in [2.75, 3.05) is 14.2 Å². The number of rotatable bonds is 4. The van der Waals surface area contributed by atoms with Crippen LogP contribution in [0.25, 0.3) is 0 Å². The summed E-state index contributed by atoms with van der Waals surface area (Å²) in [4.78, 5) is -0.370. The van der Waals surface area contributed by atoms with E-state index in [4.69, 9.17) is 21.1 Å². The average molecular weight is 439 g/mol. The van der Waals surface area contributed by atoms with Crippen molar-refractivity contribution in [3.05, 3.63) is 56.8 Å². The third-order valence-electron chi connectivity index (χ3n) is 3.03. The van der Waals surface area contributed by atoms with Gasteiger partial charge < -0.3 is 9.47 Å². The Labute approximate surface area is 144 Å². The van der Waals surface area contributed by atoms with Crippen molar-refractivity contribution < 1.29 is 13.9 Å². The Morgan fingerprint density at radius 3 is 2.33 bits per heavy atom. The molecule has 21 heavy (non-hydrogen) atoms. The van der Waals surface area contributed by atoms with E-state index in [2.05, 4.69) is 31.9 Å². The van der Waals surface area contributed by atoms with Crippen molar-refractivity contribution >= 4 is 43.5 Å². The summed E-state index contributed by atoms with van der Waals surface area (Å²) in [6.45, 7) is 0. The maximum atomic E-state index is 14.2. The summed E-state index contributed by atoms with van der Waals surface area (Å²) >= 11 is 12.8. The van der Waals surface area contributed by atoms with Crippen LogP contribution in [0.2, 0.25) is 5.02 Å². The second kappa shape index (κ2) is 6.99. The molecule has 0 aliphatic rings. The molecule has 0 aliphatic carbocycles. The number of ether oxygens (including phenoxy) is 2. The van der Waals surface area contributed by atoms with Gasteiger partial charge in [0.25, 0.3) is 0 Å². The second-order valence-electron chi connectivity index (χ2n) is 4.23. The summed E-state index contributed by atoms with van der Waals surface area (Å²) in [5, 5.41) is 0.0912. The lowest BCUT2D eigenvalue weighted by Crippen LogP contribution is -2.00. The Bertz CT molecular complexity index is 664. The molecule has 0 aromatic heterocycles. The van der Waals surface area contributed by atoms with E-state index in [1.807, 2.05) is 0 Å². The largest absolute Gasteiger partial charge is 0.493 e. The summed E-state index contributed by atoms with van der Waals surface area (Å²) < 4.78 is 25.5. The number of alkyl halides is 1. The van der Waals surface area contributed by atoms with Gasteiger partial charge in [-0.1, -0.05) is 55.6 Å². The SMILES string of the molecule is COc1cc(Br)c(C(Br)c2cccc(Cl)c2F)cc1OC. The summed E-state index contributed by atoms with van der Waals surface area (Å²) in [6, 6.07) is 8.49. The van der Waals surface area contributed by atoms with Gasteiger partial charge in [0.15, 0.2) is 11.5 Å². The summed E-state index contributed by atoms with van der Waals surface area (Å²) in [5.41, 5.74) is 1.27. The third kappa shape index (κ3) is 3.35. The van der Waals surface area contributed by atoms with Crippen LogP contribution in [-0.2, 0) is 0 Å². The van der Waals surface area contributed by atoms with Crippen molar-refractivity contribution in [1.82, 2.24) is 0 Å². The Hall–Kier alpha value is -0.780. The molecule has 2 aromatic rings. The highest BCUT2D eigenvalue weighted by molar-refractivity contribution is 9.11. The van der Waals surface area contributed by atoms with Crippen LogP contribution < -0.4 is 9.47 Å². The number of halogens is 4. The molecule has 6 heteroatoms. The van der Waals surface area contributed by atoms with E-state index in [-0.39, 0.29) is 9.85 Å². The van der Waals surface area contributed by atoms with Gasteiger partial charge >= 0.3 is 0 Å². The molecule has 0 saturated heterocycles. The second-order valence-corrected chi connectivity index (χ2v) is 6.41. The Morgan fingerprint density at radius 1 is 1.10 bits per heavy atom. The van der Waals surface area contributed by atoms with Crippen molar-refractivity contribution in [2.45, 2.75) is 4.83 Å². The van der Waals surface area contributed by atoms with Gasteiger partial charge in [-0.05, 0) is 23.8 Å². The molecule has 0 amide bonds. The average Bonchev–Trinajstić information content (AvgIpc) is 2.49. The molecule has 0 spiro atoms. The molecule has 1 atom stereocenters. The van der Waals surface area contributed by atoms with Crippen LogP contribution in [0.15, 0.2) is 34.8 Å². The Morgan fingerprint density at radius 2 is 1.71 bits per heavy atom. The standard InChI is InChI=1S/C15H12Br2ClFO2/c1-20-12-6-9(10(16)7-13(12)21-2)14(17)8-4-3-5-11(18)15(8)19/h3-7,14H,1-2H3. The van der Waals surface area contributed by atoms with Gasteiger partial charge in [0.05, 0.1) is 24.1 Å². The molecule has 0 radical (unpaired) electrons. The number of hydrogen-bond acceptors (Lipinski definition) is 2. The van der Waals surface area contributed by atoms with Crippen LogP contribution in [0.5, 0.6) is 11.5 Å². The molecular formula is C15H12Br2ClFO2. The summed E-state index contributed by atoms with van der Waals surface area (Å²) in [6.07, 6.45) is 0. The topological polar surface area (TPSA) is 18.5 Å². The fourth-order valence-electron chi connectivity index (χ4n) is 1.95. The van der Waals surface area contributed by atoms with Gasteiger partial charge in [0.1, 0.15) is 5.82 Å². The number of benzene rings is 2. The zero-order valence-corrected chi connectivity index (χ0v) is 15.2. The monoisotopic (exact) mass is 436 g/mol. The fraction of sp³-hybridized carbons (Fsp3) is 0.200. The zero-order chi connectivity index (χ0) is 15.6. The van der Waals surface area contributed by atoms with Gasteiger partial charge in [0, 0.05) is 10.0 Å². The first-order valence-corrected chi connectivity index (χ1v) is 8.07. The molecule has 0 saturated carbocycles. The van der Waals surface area contributed by atoms with E-state index in [0.717, 1.165) is 10.0 Å². The molecule has 0 fully saturated rings. The van der Waals surface area contributed by atoms with Crippen molar-refractivity contribution in [3.63, 3.8) is 0 Å². The van der Waals surface area contributed by atoms with Gasteiger partial charge in [0.2, 0.25) is 0 Å². The lowest BCUT2D eigenvalue weighted by molar-refractivity contribution is 0.354. The quantitative estimate of drug-likeness (QED) is 0.567. The van der Waals surface area contributed by atoms with Gasteiger partial charge in [-0.2, -0.15) is 0 Å². The molecule has 1 unspecified atom stereocenters. The molecular weight excluding hydrogens is 426 g/mol. The molecule has 0 heterocycles. The Balaban J connectivity index is 2.53. The molecule has 0 aliphatic heterocycles. The third-order valence-corrected chi connectivity index (χ3v) is 5.00. The van der Waals surface area contributed by atoms with E-state index >= 15 is 0 Å². The zero-order valence-electron chi connectivity index (χ0n) is 11.3. The van der Waals surface area contributed by atoms with E-state index in [9.17, 15) is 4.39 Å². The lowest BCUT2D eigenvalue weighted by atomic mass is 10.0. The number of methoxy groups -OCH3 is 2. The minimum atomic E-state index is -0.442.